The van der Waals surface area contributed by atoms with E-state index in [1.165, 1.54) is 11.3 Å². The van der Waals surface area contributed by atoms with Crippen LogP contribution >= 0.6 is 22.9 Å². The van der Waals surface area contributed by atoms with Gasteiger partial charge in [0.15, 0.2) is 0 Å². The molecule has 0 aromatic carbocycles. The topological polar surface area (TPSA) is 46.1 Å². The molecule has 1 atom stereocenters. The molecule has 16 heavy (non-hydrogen) atoms. The van der Waals surface area contributed by atoms with Crippen LogP contribution in [-0.2, 0) is 11.3 Å². The molecule has 4 nitrogen and oxygen atoms in total. The second kappa shape index (κ2) is 4.67. The number of aromatic nitrogens is 2. The van der Waals surface area contributed by atoms with Gasteiger partial charge in [0.1, 0.15) is 5.01 Å². The van der Waals surface area contributed by atoms with Gasteiger partial charge in [0, 0.05) is 13.0 Å². The van der Waals surface area contributed by atoms with E-state index in [-0.39, 0.29) is 5.91 Å². The van der Waals surface area contributed by atoms with Gasteiger partial charge in [-0.25, -0.2) is 0 Å². The molecule has 2 rings (SSSR count). The highest BCUT2D eigenvalue weighted by Crippen LogP contribution is 2.27. The van der Waals surface area contributed by atoms with Crippen molar-refractivity contribution in [3.05, 3.63) is 9.47 Å². The smallest absolute Gasteiger partial charge is 0.223 e. The van der Waals surface area contributed by atoms with Crippen molar-refractivity contribution in [2.24, 2.45) is 11.8 Å². The molecular weight excluding hydrogens is 246 g/mol. The fourth-order valence-electron chi connectivity index (χ4n) is 1.86. The second-order valence-electron chi connectivity index (χ2n) is 4.43. The average Bonchev–Trinajstić information content (AvgIpc) is 2.75. The lowest BCUT2D eigenvalue weighted by atomic mass is 9.95. The number of nitrogens with zero attached hydrogens (tertiary/aromatic N) is 3. The fourth-order valence-corrected chi connectivity index (χ4v) is 2.75. The van der Waals surface area contributed by atoms with E-state index < -0.39 is 0 Å². The van der Waals surface area contributed by atoms with Crippen molar-refractivity contribution in [1.82, 2.24) is 15.1 Å². The van der Waals surface area contributed by atoms with E-state index >= 15 is 0 Å². The van der Waals surface area contributed by atoms with Crippen molar-refractivity contribution in [2.75, 3.05) is 6.54 Å². The number of likely N-dealkylation sites (tertiary alicyclic amines) is 1. The Morgan fingerprint density at radius 2 is 2.31 bits per heavy atom. The van der Waals surface area contributed by atoms with Gasteiger partial charge in [0.2, 0.25) is 10.4 Å². The lowest BCUT2D eigenvalue weighted by Crippen LogP contribution is -2.25. The molecule has 1 aliphatic heterocycles. The Bertz CT molecular complexity index is 393. The molecule has 0 spiro atoms. The third-order valence-corrected chi connectivity index (χ3v) is 3.96. The van der Waals surface area contributed by atoms with Crippen LogP contribution < -0.4 is 0 Å². The van der Waals surface area contributed by atoms with Gasteiger partial charge in [0.05, 0.1) is 6.54 Å². The van der Waals surface area contributed by atoms with Gasteiger partial charge in [-0.2, -0.15) is 0 Å². The molecule has 1 fully saturated rings. The Balaban J connectivity index is 1.98. The van der Waals surface area contributed by atoms with E-state index in [0.717, 1.165) is 11.6 Å². The number of amides is 1. The number of hydrogen-bond donors (Lipinski definition) is 0. The Labute approximate surface area is 104 Å². The molecule has 88 valence electrons. The van der Waals surface area contributed by atoms with E-state index in [0.29, 0.717) is 29.3 Å². The normalized spacial score (nSPS) is 21.1. The molecule has 2 heterocycles. The quantitative estimate of drug-likeness (QED) is 0.836. The molecule has 0 N–H and O–H groups in total. The van der Waals surface area contributed by atoms with Crippen LogP contribution in [-0.4, -0.2) is 27.5 Å². The molecule has 6 heteroatoms. The monoisotopic (exact) mass is 259 g/mol. The minimum absolute atomic E-state index is 0.213. The largest absolute Gasteiger partial charge is 0.336 e. The Morgan fingerprint density at radius 3 is 2.81 bits per heavy atom. The van der Waals surface area contributed by atoms with Crippen LogP contribution in [0.5, 0.6) is 0 Å². The van der Waals surface area contributed by atoms with Gasteiger partial charge in [-0.15, -0.1) is 10.2 Å². The summed E-state index contributed by atoms with van der Waals surface area (Å²) in [5.74, 6) is 1.23. The van der Waals surface area contributed by atoms with Gasteiger partial charge < -0.3 is 4.90 Å². The van der Waals surface area contributed by atoms with Crippen LogP contribution in [0.1, 0.15) is 25.3 Å². The number of carbonyl (C=O) groups excluding carboxylic acids is 1. The van der Waals surface area contributed by atoms with Crippen LogP contribution in [0.15, 0.2) is 0 Å². The van der Waals surface area contributed by atoms with Gasteiger partial charge >= 0.3 is 0 Å². The van der Waals surface area contributed by atoms with Crippen molar-refractivity contribution in [2.45, 2.75) is 26.8 Å². The highest BCUT2D eigenvalue weighted by atomic mass is 35.5. The van der Waals surface area contributed by atoms with Crippen LogP contribution in [0.25, 0.3) is 0 Å². The van der Waals surface area contributed by atoms with Gasteiger partial charge in [-0.1, -0.05) is 25.2 Å². The predicted octanol–water partition coefficient (Wildman–Crippen LogP) is 2.20. The molecule has 0 aliphatic carbocycles. The lowest BCUT2D eigenvalue weighted by molar-refractivity contribution is -0.128. The zero-order valence-electron chi connectivity index (χ0n) is 9.31. The van der Waals surface area contributed by atoms with Crippen molar-refractivity contribution in [3.63, 3.8) is 0 Å². The highest BCUT2D eigenvalue weighted by Gasteiger charge is 2.31. The van der Waals surface area contributed by atoms with Crippen molar-refractivity contribution in [3.8, 4) is 0 Å². The number of halogens is 1. The van der Waals surface area contributed by atoms with Crippen molar-refractivity contribution < 1.29 is 4.79 Å². The molecule has 1 saturated heterocycles. The van der Waals surface area contributed by atoms with Gasteiger partial charge in [-0.05, 0) is 23.4 Å². The summed E-state index contributed by atoms with van der Waals surface area (Å²) in [6.45, 7) is 5.69. The van der Waals surface area contributed by atoms with E-state index in [1.807, 2.05) is 4.90 Å². The van der Waals surface area contributed by atoms with E-state index in [1.54, 1.807) is 0 Å². The molecule has 0 bridgehead atoms. The lowest BCUT2D eigenvalue weighted by Gasteiger charge is -2.16. The van der Waals surface area contributed by atoms with Crippen LogP contribution in [0.4, 0.5) is 0 Å². The van der Waals surface area contributed by atoms with Crippen LogP contribution in [0.2, 0.25) is 4.47 Å². The molecule has 1 unspecified atom stereocenters. The molecule has 1 aromatic rings. The number of hydrogen-bond acceptors (Lipinski definition) is 4. The first kappa shape index (κ1) is 11.8. The van der Waals surface area contributed by atoms with Crippen molar-refractivity contribution in [1.29, 1.82) is 0 Å². The summed E-state index contributed by atoms with van der Waals surface area (Å²) in [5, 5.41) is 8.47. The Kier molecular flexibility index (Phi) is 3.44. The molecule has 1 amide bonds. The maximum atomic E-state index is 11.7. The zero-order chi connectivity index (χ0) is 11.7. The molecule has 1 aromatic heterocycles. The Hall–Kier alpha value is -0.680. The standard InChI is InChI=1S/C10H14ClN3OS/c1-6(2)7-3-9(15)14(4-7)5-8-12-13-10(11)16-8/h6-7H,3-5H2,1-2H3. The van der Waals surface area contributed by atoms with Gasteiger partial charge in [-0.3, -0.25) is 4.79 Å². The summed E-state index contributed by atoms with van der Waals surface area (Å²) in [5.41, 5.74) is 0. The van der Waals surface area contributed by atoms with Crippen LogP contribution in [0, 0.1) is 11.8 Å². The maximum Gasteiger partial charge on any atom is 0.223 e. The zero-order valence-corrected chi connectivity index (χ0v) is 10.9. The average molecular weight is 260 g/mol. The third kappa shape index (κ3) is 2.52. The molecule has 0 radical (unpaired) electrons. The highest BCUT2D eigenvalue weighted by molar-refractivity contribution is 7.15. The summed E-state index contributed by atoms with van der Waals surface area (Å²) >= 11 is 7.04. The first-order chi connectivity index (χ1) is 7.56. The summed E-state index contributed by atoms with van der Waals surface area (Å²) in [6, 6.07) is 0. The summed E-state index contributed by atoms with van der Waals surface area (Å²) in [6.07, 6.45) is 0.657. The number of carbonyl (C=O) groups is 1. The van der Waals surface area contributed by atoms with Crippen molar-refractivity contribution >= 4 is 28.8 Å². The van der Waals surface area contributed by atoms with E-state index in [2.05, 4.69) is 24.0 Å². The predicted molar refractivity (Wildman–Crippen MR) is 63.3 cm³/mol. The first-order valence-electron chi connectivity index (χ1n) is 5.32. The molecular formula is C10H14ClN3OS. The van der Waals surface area contributed by atoms with E-state index in [4.69, 9.17) is 11.6 Å². The Morgan fingerprint density at radius 1 is 1.56 bits per heavy atom. The maximum absolute atomic E-state index is 11.7. The van der Waals surface area contributed by atoms with Gasteiger partial charge in [0.25, 0.3) is 0 Å². The van der Waals surface area contributed by atoms with Crippen LogP contribution in [0.3, 0.4) is 0 Å². The first-order valence-corrected chi connectivity index (χ1v) is 6.51. The SMILES string of the molecule is CC(C)C1CC(=O)N(Cc2nnc(Cl)s2)C1. The van der Waals surface area contributed by atoms with E-state index in [9.17, 15) is 4.79 Å². The summed E-state index contributed by atoms with van der Waals surface area (Å²) in [7, 11) is 0. The summed E-state index contributed by atoms with van der Waals surface area (Å²) in [4.78, 5) is 13.6. The minimum atomic E-state index is 0.213. The molecule has 0 saturated carbocycles. The third-order valence-electron chi connectivity index (χ3n) is 2.96. The second-order valence-corrected chi connectivity index (χ2v) is 6.08. The summed E-state index contributed by atoms with van der Waals surface area (Å²) < 4.78 is 0.432. The fraction of sp³-hybridized carbons (Fsp3) is 0.700. The molecule has 1 aliphatic rings. The number of rotatable bonds is 3. The minimum Gasteiger partial charge on any atom is -0.336 e.